The molecule has 4 aromatic carbocycles. The number of methoxy groups -OCH3 is 4. The Balaban J connectivity index is 1.48. The molecule has 0 unspecified atom stereocenters. The molecule has 216 valence electrons. The summed E-state index contributed by atoms with van der Waals surface area (Å²) in [6, 6.07) is 30.0. The Bertz CT molecular complexity index is 1520. The minimum absolute atomic E-state index is 0.0316. The topological polar surface area (TPSA) is 60.5 Å². The molecule has 0 aromatic heterocycles. The van der Waals surface area contributed by atoms with Gasteiger partial charge in [-0.1, -0.05) is 66.7 Å². The Kier molecular flexibility index (Phi) is 8.97. The van der Waals surface area contributed by atoms with Gasteiger partial charge in [0.15, 0.2) is 11.5 Å². The number of para-hydroxylation sites is 2. The van der Waals surface area contributed by atoms with E-state index in [0.717, 1.165) is 33.7 Å². The number of nitrogens with zero attached hydrogens (tertiary/aromatic N) is 2. The summed E-state index contributed by atoms with van der Waals surface area (Å²) in [6.45, 7) is 2.59. The lowest BCUT2D eigenvalue weighted by Crippen LogP contribution is -2.49. The van der Waals surface area contributed by atoms with E-state index in [-0.39, 0.29) is 5.91 Å². The number of amides is 1. The first-order chi connectivity index (χ1) is 20.6. The summed E-state index contributed by atoms with van der Waals surface area (Å²) in [6.07, 6.45) is 1.90. The molecule has 0 atom stereocenters. The van der Waals surface area contributed by atoms with Crippen molar-refractivity contribution in [2.75, 3.05) is 59.5 Å². The zero-order valence-electron chi connectivity index (χ0n) is 24.5. The van der Waals surface area contributed by atoms with Gasteiger partial charge in [-0.15, -0.1) is 0 Å². The minimum atomic E-state index is -0.0316. The molecule has 5 rings (SSSR count). The van der Waals surface area contributed by atoms with Crippen molar-refractivity contribution < 1.29 is 23.7 Å². The van der Waals surface area contributed by atoms with Crippen LogP contribution < -0.4 is 23.8 Å². The van der Waals surface area contributed by atoms with E-state index >= 15 is 0 Å². The highest BCUT2D eigenvalue weighted by Crippen LogP contribution is 2.39. The predicted octanol–water partition coefficient (Wildman–Crippen LogP) is 6.28. The quantitative estimate of drug-likeness (QED) is 0.176. The highest BCUT2D eigenvalue weighted by molar-refractivity contribution is 6.24. The number of anilines is 1. The third-order valence-electron chi connectivity index (χ3n) is 7.52. The summed E-state index contributed by atoms with van der Waals surface area (Å²) >= 11 is 0. The molecule has 1 aliphatic rings. The zero-order valence-corrected chi connectivity index (χ0v) is 24.5. The molecule has 1 heterocycles. The average Bonchev–Trinajstić information content (AvgIpc) is 3.06. The molecule has 0 saturated carbocycles. The SMILES string of the molecule is COc1ccccc1N1CCN(C(=O)/C(=C/c2cc(OC)c(OC)c(OC)c2)c2ccc(-c3ccccc3)cc2)CC1. The zero-order chi connectivity index (χ0) is 29.5. The van der Waals surface area contributed by atoms with E-state index in [1.165, 1.54) is 0 Å². The predicted molar refractivity (Wildman–Crippen MR) is 168 cm³/mol. The van der Waals surface area contributed by atoms with Crippen LogP contribution in [0.15, 0.2) is 91.0 Å². The molecular weight excluding hydrogens is 528 g/mol. The first-order valence-corrected chi connectivity index (χ1v) is 13.9. The lowest BCUT2D eigenvalue weighted by Gasteiger charge is -2.37. The van der Waals surface area contributed by atoms with Gasteiger partial charge in [0.2, 0.25) is 5.75 Å². The molecule has 0 radical (unpaired) electrons. The molecule has 1 aliphatic heterocycles. The number of benzene rings is 4. The largest absolute Gasteiger partial charge is 0.495 e. The van der Waals surface area contributed by atoms with Gasteiger partial charge in [0.05, 0.1) is 34.1 Å². The molecule has 1 amide bonds. The number of hydrogen-bond donors (Lipinski definition) is 0. The van der Waals surface area contributed by atoms with E-state index in [1.807, 2.05) is 71.6 Å². The van der Waals surface area contributed by atoms with Crippen molar-refractivity contribution >= 4 is 23.2 Å². The second-order valence-corrected chi connectivity index (χ2v) is 9.91. The molecule has 0 bridgehead atoms. The van der Waals surface area contributed by atoms with Gasteiger partial charge >= 0.3 is 0 Å². The second kappa shape index (κ2) is 13.2. The van der Waals surface area contributed by atoms with Crippen molar-refractivity contribution in [1.82, 2.24) is 4.90 Å². The summed E-state index contributed by atoms with van der Waals surface area (Å²) in [4.78, 5) is 18.4. The molecule has 7 nitrogen and oxygen atoms in total. The van der Waals surface area contributed by atoms with Gasteiger partial charge in [-0.25, -0.2) is 0 Å². The maximum atomic E-state index is 14.2. The highest BCUT2D eigenvalue weighted by Gasteiger charge is 2.26. The van der Waals surface area contributed by atoms with Crippen LogP contribution >= 0.6 is 0 Å². The van der Waals surface area contributed by atoms with E-state index in [2.05, 4.69) is 35.2 Å². The number of piperazine rings is 1. The smallest absolute Gasteiger partial charge is 0.254 e. The number of carbonyl (C=O) groups is 1. The number of carbonyl (C=O) groups excluding carboxylic acids is 1. The fraction of sp³-hybridized carbons (Fsp3) is 0.229. The molecule has 7 heteroatoms. The molecule has 42 heavy (non-hydrogen) atoms. The van der Waals surface area contributed by atoms with Crippen molar-refractivity contribution in [3.8, 4) is 34.1 Å². The standard InChI is InChI=1S/C35H36N2O5/c1-39-31-13-9-8-12-30(31)36-18-20-37(21-19-36)35(38)29(22-25-23-32(40-2)34(42-4)33(24-25)41-3)28-16-14-27(15-17-28)26-10-6-5-7-11-26/h5-17,22-24H,18-21H2,1-4H3/b29-22+. The fourth-order valence-corrected chi connectivity index (χ4v) is 5.30. The molecule has 0 N–H and O–H groups in total. The van der Waals surface area contributed by atoms with E-state index in [1.54, 1.807) is 28.4 Å². The van der Waals surface area contributed by atoms with Crippen LogP contribution in [0.3, 0.4) is 0 Å². The lowest BCUT2D eigenvalue weighted by molar-refractivity contribution is -0.125. The summed E-state index contributed by atoms with van der Waals surface area (Å²) < 4.78 is 22.2. The number of ether oxygens (including phenoxy) is 4. The molecule has 0 spiro atoms. The Morgan fingerprint density at radius 2 is 1.21 bits per heavy atom. The van der Waals surface area contributed by atoms with E-state index < -0.39 is 0 Å². The van der Waals surface area contributed by atoms with Crippen molar-refractivity contribution in [3.05, 3.63) is 102 Å². The lowest BCUT2D eigenvalue weighted by atomic mass is 9.97. The van der Waals surface area contributed by atoms with Gasteiger partial charge in [-0.05, 0) is 52.6 Å². The normalized spacial score (nSPS) is 13.5. The average molecular weight is 565 g/mol. The fourth-order valence-electron chi connectivity index (χ4n) is 5.30. The summed E-state index contributed by atoms with van der Waals surface area (Å²) in [5.74, 6) is 2.36. The Morgan fingerprint density at radius 3 is 1.81 bits per heavy atom. The second-order valence-electron chi connectivity index (χ2n) is 9.91. The summed E-state index contributed by atoms with van der Waals surface area (Å²) in [5.41, 5.74) is 5.45. The maximum absolute atomic E-state index is 14.2. The van der Waals surface area contributed by atoms with Gasteiger partial charge in [0, 0.05) is 31.8 Å². The van der Waals surface area contributed by atoms with Crippen LogP contribution in [-0.4, -0.2) is 65.4 Å². The van der Waals surface area contributed by atoms with Crippen LogP contribution in [0.5, 0.6) is 23.0 Å². The maximum Gasteiger partial charge on any atom is 0.254 e. The van der Waals surface area contributed by atoms with E-state index in [0.29, 0.717) is 49.0 Å². The van der Waals surface area contributed by atoms with Gasteiger partial charge < -0.3 is 28.7 Å². The van der Waals surface area contributed by atoms with Crippen LogP contribution in [0.4, 0.5) is 5.69 Å². The third kappa shape index (κ3) is 6.05. The number of rotatable bonds is 9. The Labute approximate surface area is 247 Å². The first kappa shape index (κ1) is 28.6. The summed E-state index contributed by atoms with van der Waals surface area (Å²) in [5, 5.41) is 0. The van der Waals surface area contributed by atoms with Gasteiger partial charge in [0.25, 0.3) is 5.91 Å². The molecule has 0 aliphatic carbocycles. The van der Waals surface area contributed by atoms with Crippen LogP contribution in [0, 0.1) is 0 Å². The van der Waals surface area contributed by atoms with Crippen molar-refractivity contribution in [3.63, 3.8) is 0 Å². The van der Waals surface area contributed by atoms with Crippen molar-refractivity contribution in [1.29, 1.82) is 0 Å². The van der Waals surface area contributed by atoms with Crippen LogP contribution in [0.25, 0.3) is 22.8 Å². The van der Waals surface area contributed by atoms with Gasteiger partial charge in [-0.2, -0.15) is 0 Å². The van der Waals surface area contributed by atoms with Gasteiger partial charge in [0.1, 0.15) is 5.75 Å². The highest BCUT2D eigenvalue weighted by atomic mass is 16.5. The minimum Gasteiger partial charge on any atom is -0.495 e. The van der Waals surface area contributed by atoms with Crippen molar-refractivity contribution in [2.45, 2.75) is 0 Å². The van der Waals surface area contributed by atoms with Crippen LogP contribution in [-0.2, 0) is 4.79 Å². The van der Waals surface area contributed by atoms with Crippen molar-refractivity contribution in [2.24, 2.45) is 0 Å². The molecule has 1 fully saturated rings. The monoisotopic (exact) mass is 564 g/mol. The first-order valence-electron chi connectivity index (χ1n) is 13.9. The van der Waals surface area contributed by atoms with Crippen LogP contribution in [0.2, 0.25) is 0 Å². The Hall–Kier alpha value is -4.91. The Morgan fingerprint density at radius 1 is 0.643 bits per heavy atom. The third-order valence-corrected chi connectivity index (χ3v) is 7.52. The molecule has 1 saturated heterocycles. The van der Waals surface area contributed by atoms with E-state index in [9.17, 15) is 4.79 Å². The molecular formula is C35H36N2O5. The summed E-state index contributed by atoms with van der Waals surface area (Å²) in [7, 11) is 6.42. The van der Waals surface area contributed by atoms with E-state index in [4.69, 9.17) is 18.9 Å². The molecule has 4 aromatic rings. The van der Waals surface area contributed by atoms with Gasteiger partial charge in [-0.3, -0.25) is 4.79 Å². The number of hydrogen-bond acceptors (Lipinski definition) is 6. The van der Waals surface area contributed by atoms with Crippen LogP contribution in [0.1, 0.15) is 11.1 Å².